The highest BCUT2D eigenvalue weighted by molar-refractivity contribution is 6.28. The number of para-hydroxylation sites is 6. The fourth-order valence-electron chi connectivity index (χ4n) is 15.5. The number of fused-ring (bicyclic) bond motifs is 24. The molecule has 20 aromatic rings. The van der Waals surface area contributed by atoms with Crippen molar-refractivity contribution < 1.29 is 13.3 Å². The Bertz CT molecular complexity index is 7000. The molecule has 0 aliphatic heterocycles. The van der Waals surface area contributed by atoms with Gasteiger partial charge in [-0.2, -0.15) is 21.0 Å². The van der Waals surface area contributed by atoms with Crippen LogP contribution in [0.3, 0.4) is 0 Å². The van der Waals surface area contributed by atoms with E-state index in [2.05, 4.69) is 200 Å². The molecule has 0 radical (unpaired) electrons. The van der Waals surface area contributed by atoms with E-state index in [0.717, 1.165) is 176 Å². The molecule has 0 atom stereocenters. The molecule has 0 fully saturated rings. The zero-order valence-corrected chi connectivity index (χ0v) is 48.9. The molecule has 0 unspecified atom stereocenters. The zero-order chi connectivity index (χ0) is 61.5. The van der Waals surface area contributed by atoms with Gasteiger partial charge in [0.15, 0.2) is 0 Å². The molecule has 426 valence electrons. The lowest BCUT2D eigenvalue weighted by Crippen LogP contribution is -2.07. The van der Waals surface area contributed by atoms with Crippen LogP contribution in [0.25, 0.3) is 187 Å². The number of aromatic nitrogens is 4. The number of hydrogen-bond donors (Lipinski definition) is 0. The summed E-state index contributed by atoms with van der Waals surface area (Å²) in [5.74, 6) is 0. The van der Waals surface area contributed by atoms with Crippen LogP contribution in [-0.4, -0.2) is 18.3 Å². The Morgan fingerprint density at radius 3 is 1.38 bits per heavy atom. The number of benzene rings is 13. The van der Waals surface area contributed by atoms with Crippen LogP contribution in [0.1, 0.15) is 22.3 Å². The fourth-order valence-corrected chi connectivity index (χ4v) is 15.5. The minimum atomic E-state index is 0.254. The van der Waals surface area contributed by atoms with Crippen LogP contribution in [0, 0.1) is 45.3 Å². The van der Waals surface area contributed by atoms with Crippen molar-refractivity contribution in [2.24, 2.45) is 0 Å². The zero-order valence-electron chi connectivity index (χ0n) is 48.9. The van der Waals surface area contributed by atoms with Gasteiger partial charge < -0.3 is 31.5 Å². The largest absolute Gasteiger partial charge is 0.455 e. The smallest absolute Gasteiger partial charge is 0.145 e. The van der Waals surface area contributed by atoms with E-state index in [-0.39, 0.29) is 11.1 Å². The number of nitrogens with zero attached hydrogens (tertiary/aromatic N) is 8. The molecule has 20 rings (SSSR count). The molecule has 0 bridgehead atoms. The van der Waals surface area contributed by atoms with Crippen molar-refractivity contribution in [2.45, 2.75) is 0 Å². The lowest BCUT2D eigenvalue weighted by molar-refractivity contribution is 0.672. The molecule has 7 aromatic heterocycles. The van der Waals surface area contributed by atoms with Gasteiger partial charge >= 0.3 is 0 Å². The molecule has 93 heavy (non-hydrogen) atoms. The minimum Gasteiger partial charge on any atom is -0.455 e. The first kappa shape index (κ1) is 50.4. The van der Waals surface area contributed by atoms with Crippen LogP contribution >= 0.6 is 0 Å². The van der Waals surface area contributed by atoms with E-state index in [9.17, 15) is 21.0 Å². The fraction of sp³-hybridized carbons (Fsp3) is 0. The second-order valence-corrected chi connectivity index (χ2v) is 23.8. The molecule has 11 nitrogen and oxygen atoms in total. The van der Waals surface area contributed by atoms with Gasteiger partial charge in [-0.3, -0.25) is 0 Å². The van der Waals surface area contributed by atoms with E-state index in [0.29, 0.717) is 22.5 Å². The van der Waals surface area contributed by atoms with Crippen LogP contribution in [0.2, 0.25) is 0 Å². The second kappa shape index (κ2) is 18.5. The highest BCUT2D eigenvalue weighted by Gasteiger charge is 2.29. The first-order valence-electron chi connectivity index (χ1n) is 30.5. The average Bonchev–Trinajstić information content (AvgIpc) is 1.57. The Hall–Kier alpha value is -13.6. The Balaban J connectivity index is 0.809. The van der Waals surface area contributed by atoms with Gasteiger partial charge in [-0.25, -0.2) is 0 Å². The molecular weight excluding hydrogens is 1140 g/mol. The maximum Gasteiger partial charge on any atom is 0.145 e. The summed E-state index contributed by atoms with van der Waals surface area (Å²) in [6.45, 7) is 0. The Kier molecular flexibility index (Phi) is 10.0. The third-order valence-corrected chi connectivity index (χ3v) is 19.3. The number of hydrogen-bond acceptors (Lipinski definition) is 7. The molecule has 0 saturated carbocycles. The topological polar surface area (TPSA) is 154 Å². The van der Waals surface area contributed by atoms with Crippen LogP contribution in [-0.2, 0) is 0 Å². The second-order valence-electron chi connectivity index (χ2n) is 23.8. The maximum atomic E-state index is 11.3. The van der Waals surface area contributed by atoms with Crippen molar-refractivity contribution in [1.29, 1.82) is 21.0 Å². The highest BCUT2D eigenvalue weighted by atomic mass is 16.3. The van der Waals surface area contributed by atoms with E-state index >= 15 is 0 Å². The summed E-state index contributed by atoms with van der Waals surface area (Å²) in [5, 5.41) is 56.4. The summed E-state index contributed by atoms with van der Waals surface area (Å²) in [7, 11) is 0. The van der Waals surface area contributed by atoms with E-state index < -0.39 is 0 Å². The number of nitriles is 4. The summed E-state index contributed by atoms with van der Waals surface area (Å²) < 4.78 is 29.7. The minimum absolute atomic E-state index is 0.254. The molecule has 0 N–H and O–H groups in total. The lowest BCUT2D eigenvalue weighted by atomic mass is 9.97. The van der Waals surface area contributed by atoms with Crippen LogP contribution < -0.4 is 0 Å². The van der Waals surface area contributed by atoms with Crippen molar-refractivity contribution in [1.82, 2.24) is 18.3 Å². The summed E-state index contributed by atoms with van der Waals surface area (Å²) in [6, 6.07) is 91.8. The van der Waals surface area contributed by atoms with Gasteiger partial charge in [0.2, 0.25) is 0 Å². The van der Waals surface area contributed by atoms with Crippen molar-refractivity contribution >= 4 is 153 Å². The number of rotatable bonds is 5. The van der Waals surface area contributed by atoms with Crippen LogP contribution in [0.5, 0.6) is 0 Å². The summed E-state index contributed by atoms with van der Waals surface area (Å²) in [5.41, 5.74) is 17.9. The SMILES string of the molecule is N#Cc1ccc(C#N)c(-n2c3ccc(-n4c5ccccc5c5c(-c6cccc7c6oc6c7ccc7c6c6ccccc6n7-c6ccc(C#N)c(C#N)c6-n6c7ccccc7c7c8oc9ccccc9c8ccc76)cccc54)cc3c3c4oc5ccccc5c4ccc32)c1. The summed E-state index contributed by atoms with van der Waals surface area (Å²) >= 11 is 0. The van der Waals surface area contributed by atoms with Crippen LogP contribution in [0.4, 0.5) is 0 Å². The molecule has 11 heteroatoms. The van der Waals surface area contributed by atoms with Gasteiger partial charge in [0.05, 0.1) is 106 Å². The Morgan fingerprint density at radius 2 is 0.731 bits per heavy atom. The maximum absolute atomic E-state index is 11.3. The molecule has 0 aliphatic rings. The van der Waals surface area contributed by atoms with Gasteiger partial charge in [0, 0.05) is 70.5 Å². The first-order valence-corrected chi connectivity index (χ1v) is 30.5. The van der Waals surface area contributed by atoms with E-state index in [1.165, 1.54) is 0 Å². The summed E-state index contributed by atoms with van der Waals surface area (Å²) in [4.78, 5) is 0. The van der Waals surface area contributed by atoms with Crippen molar-refractivity contribution in [3.63, 3.8) is 0 Å². The molecule has 7 heterocycles. The van der Waals surface area contributed by atoms with Gasteiger partial charge in [-0.1, -0.05) is 121 Å². The van der Waals surface area contributed by atoms with Crippen molar-refractivity contribution in [2.75, 3.05) is 0 Å². The molecule has 0 amide bonds. The predicted molar refractivity (Wildman–Crippen MR) is 370 cm³/mol. The average molecular weight is 1190 g/mol. The van der Waals surface area contributed by atoms with Crippen molar-refractivity contribution in [3.8, 4) is 58.2 Å². The highest BCUT2D eigenvalue weighted by Crippen LogP contribution is 2.49. The third-order valence-electron chi connectivity index (χ3n) is 19.3. The molecule has 0 aliphatic carbocycles. The Labute approximate surface area is 525 Å². The normalized spacial score (nSPS) is 12.0. The standard InChI is InChI=1S/C82H40N8O3/c83-41-45-27-28-47(43-85)71(39-45)89-65-35-30-48(40-60(65)77-68(89)36-31-55-50-14-5-10-26-73(50)92-81(55)77)87-62-21-6-1-15-57(62)74-51(18-12-24-66(74)87)52-19-11-20-53-56-33-37-67-75(82(56)93-79(52)53)58-16-2-7-22-63(58)88(67)70-34-29-46(42-84)61(44-86)78(70)90-64-23-8-3-17-59(64)76-69(90)38-32-54-49-13-4-9-25-72(49)91-80(54)76/h1-40H. The lowest BCUT2D eigenvalue weighted by Gasteiger charge is -2.18. The summed E-state index contributed by atoms with van der Waals surface area (Å²) in [6.07, 6.45) is 0. The molecule has 0 saturated heterocycles. The Morgan fingerprint density at radius 1 is 0.269 bits per heavy atom. The monoisotopic (exact) mass is 1180 g/mol. The van der Waals surface area contributed by atoms with Crippen LogP contribution in [0.15, 0.2) is 256 Å². The van der Waals surface area contributed by atoms with Gasteiger partial charge in [-0.05, 0) is 127 Å². The van der Waals surface area contributed by atoms with E-state index in [1.54, 1.807) is 24.3 Å². The number of furan rings is 3. The third kappa shape index (κ3) is 6.60. The molecule has 0 spiro atoms. The molecule has 13 aromatic carbocycles. The van der Waals surface area contributed by atoms with Crippen molar-refractivity contribution in [3.05, 3.63) is 265 Å². The van der Waals surface area contributed by atoms with Gasteiger partial charge in [0.1, 0.15) is 51.7 Å². The van der Waals surface area contributed by atoms with E-state index in [4.69, 9.17) is 13.3 Å². The molecular formula is C82H40N8O3. The van der Waals surface area contributed by atoms with E-state index in [1.807, 2.05) is 60.7 Å². The first-order chi connectivity index (χ1) is 46.0. The van der Waals surface area contributed by atoms with Gasteiger partial charge in [-0.15, -0.1) is 0 Å². The van der Waals surface area contributed by atoms with Gasteiger partial charge in [0.25, 0.3) is 0 Å². The predicted octanol–water partition coefficient (Wildman–Crippen LogP) is 20.9. The quantitative estimate of drug-likeness (QED) is 0.166.